The van der Waals surface area contributed by atoms with Crippen LogP contribution >= 0.6 is 0 Å². The first kappa shape index (κ1) is 21.2. The van der Waals surface area contributed by atoms with Gasteiger partial charge in [0.05, 0.1) is 29.7 Å². The number of carbonyl (C=O) groups excluding carboxylic acids is 2. The first-order valence-electron chi connectivity index (χ1n) is 11.3. The summed E-state index contributed by atoms with van der Waals surface area (Å²) < 4.78 is 1.85. The molecule has 2 aliphatic rings. The molecule has 1 saturated heterocycles. The number of nitrogens with zero attached hydrogens (tertiary/aromatic N) is 6. The highest BCUT2D eigenvalue weighted by Crippen LogP contribution is 2.35. The molecule has 33 heavy (non-hydrogen) atoms. The molecule has 1 aliphatic carbocycles. The van der Waals surface area contributed by atoms with E-state index in [1.54, 1.807) is 17.3 Å². The molecule has 0 spiro atoms. The molecule has 1 aliphatic heterocycles. The molecule has 2 N–H and O–H groups in total. The van der Waals surface area contributed by atoms with Gasteiger partial charge in [-0.25, -0.2) is 9.97 Å². The van der Waals surface area contributed by atoms with Crippen molar-refractivity contribution in [3.8, 4) is 0 Å². The first-order chi connectivity index (χ1) is 16.0. The van der Waals surface area contributed by atoms with Crippen molar-refractivity contribution in [1.82, 2.24) is 34.9 Å². The van der Waals surface area contributed by atoms with Crippen molar-refractivity contribution in [2.24, 2.45) is 7.05 Å². The van der Waals surface area contributed by atoms with Crippen LogP contribution in [0.15, 0.2) is 31.1 Å². The van der Waals surface area contributed by atoms with Crippen LogP contribution in [0.5, 0.6) is 0 Å². The number of amides is 2. The molecule has 2 amide bonds. The largest absolute Gasteiger partial charge is 0.352 e. The molecular formula is C23H28N8O2. The van der Waals surface area contributed by atoms with Gasteiger partial charge in [-0.05, 0) is 25.0 Å². The third-order valence-corrected chi connectivity index (χ3v) is 6.65. The van der Waals surface area contributed by atoms with Crippen LogP contribution < -0.4 is 10.2 Å². The van der Waals surface area contributed by atoms with Crippen LogP contribution in [0.3, 0.4) is 0 Å². The fourth-order valence-electron chi connectivity index (χ4n) is 4.36. The summed E-state index contributed by atoms with van der Waals surface area (Å²) in [5.74, 6) is 0.979. The van der Waals surface area contributed by atoms with Crippen molar-refractivity contribution in [1.29, 1.82) is 0 Å². The van der Waals surface area contributed by atoms with E-state index < -0.39 is 0 Å². The third kappa shape index (κ3) is 4.08. The van der Waals surface area contributed by atoms with Gasteiger partial charge in [0.25, 0.3) is 5.91 Å². The molecule has 3 aromatic heterocycles. The van der Waals surface area contributed by atoms with Crippen molar-refractivity contribution in [2.75, 3.05) is 31.1 Å². The standard InChI is InChI=1S/C23H28N8O2/c1-3-20(32)31-9-7-30(8-10-31)19-14-25-22-21(27-19)17(13-24-22)23(33)26-12-16-11-18(28-29(16)2)15-5-4-6-15/h3,11,13-15H,1,4-10,12H2,2H3,(H,24,25)(H,26,33). The maximum Gasteiger partial charge on any atom is 0.255 e. The predicted molar refractivity (Wildman–Crippen MR) is 124 cm³/mol. The van der Waals surface area contributed by atoms with Gasteiger partial charge in [-0.3, -0.25) is 14.3 Å². The van der Waals surface area contributed by atoms with Crippen molar-refractivity contribution < 1.29 is 9.59 Å². The monoisotopic (exact) mass is 448 g/mol. The Morgan fingerprint density at radius 2 is 2.06 bits per heavy atom. The van der Waals surface area contributed by atoms with Crippen molar-refractivity contribution in [3.63, 3.8) is 0 Å². The van der Waals surface area contributed by atoms with Gasteiger partial charge in [-0.1, -0.05) is 13.0 Å². The number of H-pyrrole nitrogens is 1. The first-order valence-corrected chi connectivity index (χ1v) is 11.3. The Kier molecular flexibility index (Phi) is 5.57. The van der Waals surface area contributed by atoms with E-state index in [1.165, 1.54) is 25.3 Å². The van der Waals surface area contributed by atoms with Gasteiger partial charge < -0.3 is 20.1 Å². The molecule has 1 saturated carbocycles. The van der Waals surface area contributed by atoms with Crippen LogP contribution in [0.25, 0.3) is 11.2 Å². The third-order valence-electron chi connectivity index (χ3n) is 6.65. The number of anilines is 1. The van der Waals surface area contributed by atoms with E-state index in [0.717, 1.165) is 11.4 Å². The van der Waals surface area contributed by atoms with E-state index in [-0.39, 0.29) is 11.8 Å². The van der Waals surface area contributed by atoms with Gasteiger partial charge in [0.15, 0.2) is 5.65 Å². The molecule has 0 unspecified atom stereocenters. The van der Waals surface area contributed by atoms with E-state index in [9.17, 15) is 9.59 Å². The van der Waals surface area contributed by atoms with Gasteiger partial charge in [-0.15, -0.1) is 0 Å². The zero-order valence-electron chi connectivity index (χ0n) is 18.8. The minimum Gasteiger partial charge on any atom is -0.352 e. The summed E-state index contributed by atoms with van der Waals surface area (Å²) in [6, 6.07) is 2.09. The lowest BCUT2D eigenvalue weighted by Crippen LogP contribution is -2.48. The smallest absolute Gasteiger partial charge is 0.255 e. The van der Waals surface area contributed by atoms with E-state index in [2.05, 4.69) is 37.9 Å². The van der Waals surface area contributed by atoms with Gasteiger partial charge >= 0.3 is 0 Å². The number of piperazine rings is 1. The van der Waals surface area contributed by atoms with Crippen LogP contribution in [0.4, 0.5) is 5.82 Å². The number of rotatable bonds is 6. The zero-order chi connectivity index (χ0) is 22.9. The zero-order valence-corrected chi connectivity index (χ0v) is 18.8. The topological polar surface area (TPSA) is 112 Å². The average Bonchev–Trinajstić information content (AvgIpc) is 3.38. The molecule has 10 heteroatoms. The molecule has 2 fully saturated rings. The quantitative estimate of drug-likeness (QED) is 0.556. The fourth-order valence-corrected chi connectivity index (χ4v) is 4.36. The molecule has 0 aromatic carbocycles. The van der Waals surface area contributed by atoms with Crippen LogP contribution in [-0.4, -0.2) is 67.6 Å². The minimum absolute atomic E-state index is 0.0611. The summed E-state index contributed by atoms with van der Waals surface area (Å²) in [6.07, 6.45) is 8.33. The van der Waals surface area contributed by atoms with E-state index in [4.69, 9.17) is 4.98 Å². The van der Waals surface area contributed by atoms with Crippen molar-refractivity contribution in [2.45, 2.75) is 31.7 Å². The second-order valence-corrected chi connectivity index (χ2v) is 8.64. The highest BCUT2D eigenvalue weighted by Gasteiger charge is 2.24. The number of carbonyl (C=O) groups is 2. The maximum atomic E-state index is 13.0. The summed E-state index contributed by atoms with van der Waals surface area (Å²) >= 11 is 0. The van der Waals surface area contributed by atoms with Crippen molar-refractivity contribution in [3.05, 3.63) is 48.1 Å². The Morgan fingerprint density at radius 1 is 1.27 bits per heavy atom. The summed E-state index contributed by atoms with van der Waals surface area (Å²) in [4.78, 5) is 40.8. The Morgan fingerprint density at radius 3 is 2.76 bits per heavy atom. The second-order valence-electron chi connectivity index (χ2n) is 8.64. The molecule has 5 rings (SSSR count). The molecule has 0 atom stereocenters. The van der Waals surface area contributed by atoms with Gasteiger partial charge in [-0.2, -0.15) is 5.10 Å². The normalized spacial score (nSPS) is 16.6. The highest BCUT2D eigenvalue weighted by molar-refractivity contribution is 6.04. The van der Waals surface area contributed by atoms with Crippen LogP contribution in [0, 0.1) is 0 Å². The Labute approximate surface area is 191 Å². The summed E-state index contributed by atoms with van der Waals surface area (Å²) in [5, 5.41) is 7.60. The Balaban J connectivity index is 1.28. The summed E-state index contributed by atoms with van der Waals surface area (Å²) in [6.45, 7) is 6.43. The number of aromatic nitrogens is 5. The highest BCUT2D eigenvalue weighted by atomic mass is 16.2. The number of hydrogen-bond acceptors (Lipinski definition) is 6. The predicted octanol–water partition coefficient (Wildman–Crippen LogP) is 1.72. The number of nitrogens with one attached hydrogen (secondary N) is 2. The van der Waals surface area contributed by atoms with Crippen LogP contribution in [-0.2, 0) is 18.4 Å². The Bertz CT molecular complexity index is 1200. The molecule has 3 aromatic rings. The molecule has 0 bridgehead atoms. The molecular weight excluding hydrogens is 420 g/mol. The van der Waals surface area contributed by atoms with Crippen molar-refractivity contribution >= 4 is 28.8 Å². The van der Waals surface area contributed by atoms with E-state index in [1.807, 2.05) is 11.7 Å². The average molecular weight is 449 g/mol. The van der Waals surface area contributed by atoms with Crippen LogP contribution in [0.2, 0.25) is 0 Å². The lowest BCUT2D eigenvalue weighted by Gasteiger charge is -2.34. The van der Waals surface area contributed by atoms with Gasteiger partial charge in [0, 0.05) is 45.3 Å². The number of aromatic amines is 1. The number of aryl methyl sites for hydroxylation is 1. The Hall–Kier alpha value is -3.69. The fraction of sp³-hybridized carbons (Fsp3) is 0.435. The summed E-state index contributed by atoms with van der Waals surface area (Å²) in [5.41, 5.74) is 3.66. The SMILES string of the molecule is C=CC(=O)N1CCN(c2cnc3[nH]cc(C(=O)NCc4cc(C5CCC5)nn4C)c3n2)CC1. The lowest BCUT2D eigenvalue weighted by molar-refractivity contribution is -0.126. The van der Waals surface area contributed by atoms with Crippen LogP contribution in [0.1, 0.15) is 46.9 Å². The molecule has 10 nitrogen and oxygen atoms in total. The van der Waals surface area contributed by atoms with Gasteiger partial charge in [0.1, 0.15) is 11.3 Å². The number of fused-ring (bicyclic) bond motifs is 1. The second kappa shape index (κ2) is 8.68. The van der Waals surface area contributed by atoms with E-state index in [0.29, 0.717) is 61.2 Å². The molecule has 0 radical (unpaired) electrons. The molecule has 172 valence electrons. The number of hydrogen-bond donors (Lipinski definition) is 2. The maximum absolute atomic E-state index is 13.0. The van der Waals surface area contributed by atoms with E-state index >= 15 is 0 Å². The van der Waals surface area contributed by atoms with Gasteiger partial charge in [0.2, 0.25) is 5.91 Å². The lowest BCUT2D eigenvalue weighted by atomic mass is 9.83. The minimum atomic E-state index is -0.208. The summed E-state index contributed by atoms with van der Waals surface area (Å²) in [7, 11) is 1.91. The molecule has 4 heterocycles.